The van der Waals surface area contributed by atoms with E-state index in [4.69, 9.17) is 11.6 Å². The smallest absolute Gasteiger partial charge is 0.0718 e. The number of anilines is 1. The van der Waals surface area contributed by atoms with Crippen molar-refractivity contribution in [3.63, 3.8) is 0 Å². The molecule has 0 aliphatic carbocycles. The lowest BCUT2D eigenvalue weighted by Crippen LogP contribution is -2.24. The molecule has 1 saturated heterocycles. The van der Waals surface area contributed by atoms with Gasteiger partial charge >= 0.3 is 0 Å². The van der Waals surface area contributed by atoms with Crippen LogP contribution < -0.4 is 5.32 Å². The van der Waals surface area contributed by atoms with Gasteiger partial charge in [0.15, 0.2) is 0 Å². The first-order valence-corrected chi connectivity index (χ1v) is 6.17. The number of nitrogens with zero attached hydrogens (tertiary/aromatic N) is 1. The van der Waals surface area contributed by atoms with E-state index in [1.54, 1.807) is 12.4 Å². The summed E-state index contributed by atoms with van der Waals surface area (Å²) in [6.45, 7) is 2.25. The highest BCUT2D eigenvalue weighted by Gasteiger charge is 2.24. The number of hydrogen-bond donors (Lipinski definition) is 1. The van der Waals surface area contributed by atoms with Crippen molar-refractivity contribution in [1.29, 1.82) is 0 Å². The Bertz CT molecular complexity index is 319. The summed E-state index contributed by atoms with van der Waals surface area (Å²) < 4.78 is 0. The van der Waals surface area contributed by atoms with Gasteiger partial charge in [-0.25, -0.2) is 0 Å². The van der Waals surface area contributed by atoms with E-state index in [1.807, 2.05) is 17.8 Å². The van der Waals surface area contributed by atoms with Crippen LogP contribution in [0.25, 0.3) is 0 Å². The molecule has 0 spiro atoms. The van der Waals surface area contributed by atoms with E-state index >= 15 is 0 Å². The summed E-state index contributed by atoms with van der Waals surface area (Å²) >= 11 is 8.05. The zero-order valence-electron chi connectivity index (χ0n) is 8.03. The minimum Gasteiger partial charge on any atom is -0.379 e. The molecule has 2 heterocycles. The molecule has 1 aromatic heterocycles. The zero-order valence-corrected chi connectivity index (χ0v) is 9.61. The Labute approximate surface area is 93.4 Å². The quantitative estimate of drug-likeness (QED) is 0.843. The fourth-order valence-electron chi connectivity index (χ4n) is 1.60. The molecule has 0 amide bonds. The summed E-state index contributed by atoms with van der Waals surface area (Å²) in [6, 6.07) is 2.35. The fraction of sp³-hybridized carbons (Fsp3) is 0.500. The predicted molar refractivity (Wildman–Crippen MR) is 63.2 cm³/mol. The average Bonchev–Trinajstić information content (AvgIpc) is 2.56. The molecule has 1 aliphatic heterocycles. The van der Waals surface area contributed by atoms with Crippen LogP contribution in [-0.2, 0) is 0 Å². The highest BCUT2D eigenvalue weighted by atomic mass is 35.5. The van der Waals surface area contributed by atoms with E-state index in [-0.39, 0.29) is 0 Å². The van der Waals surface area contributed by atoms with Crippen LogP contribution in [0.3, 0.4) is 0 Å². The van der Waals surface area contributed by atoms with Crippen LogP contribution in [0.15, 0.2) is 18.5 Å². The number of nitrogens with one attached hydrogen (secondary N) is 1. The minimum absolute atomic E-state index is 0.529. The second-order valence-corrected chi connectivity index (χ2v) is 5.36. The van der Waals surface area contributed by atoms with Gasteiger partial charge in [-0.3, -0.25) is 4.98 Å². The molecule has 76 valence electrons. The molecule has 0 bridgehead atoms. The van der Waals surface area contributed by atoms with E-state index in [0.29, 0.717) is 11.3 Å². The normalized spacial score (nSPS) is 26.4. The third-order valence-corrected chi connectivity index (χ3v) is 4.14. The van der Waals surface area contributed by atoms with Gasteiger partial charge in [-0.1, -0.05) is 18.5 Å². The lowest BCUT2D eigenvalue weighted by molar-refractivity contribution is 0.724. The zero-order chi connectivity index (χ0) is 9.97. The highest BCUT2D eigenvalue weighted by Crippen LogP contribution is 2.30. The van der Waals surface area contributed by atoms with Gasteiger partial charge in [0.2, 0.25) is 0 Å². The van der Waals surface area contributed by atoms with Crippen molar-refractivity contribution < 1.29 is 0 Å². The molecule has 1 aromatic rings. The standard InChI is InChI=1S/C10H13ClN2S/c1-7-9(3-5-14-7)13-10-6-12-4-2-8(10)11/h2,4,6-7,9,13H,3,5H2,1H3. The van der Waals surface area contributed by atoms with Gasteiger partial charge < -0.3 is 5.32 Å². The van der Waals surface area contributed by atoms with Crippen LogP contribution >= 0.6 is 23.4 Å². The van der Waals surface area contributed by atoms with E-state index in [1.165, 1.54) is 12.2 Å². The summed E-state index contributed by atoms with van der Waals surface area (Å²) in [6.07, 6.45) is 4.70. The van der Waals surface area contributed by atoms with Crippen molar-refractivity contribution in [3.05, 3.63) is 23.5 Å². The van der Waals surface area contributed by atoms with Crippen LogP contribution in [0.1, 0.15) is 13.3 Å². The average molecular weight is 229 g/mol. The number of halogens is 1. The highest BCUT2D eigenvalue weighted by molar-refractivity contribution is 8.00. The van der Waals surface area contributed by atoms with Crippen LogP contribution in [0, 0.1) is 0 Å². The Balaban J connectivity index is 2.07. The topological polar surface area (TPSA) is 24.9 Å². The van der Waals surface area contributed by atoms with Crippen LogP contribution in [0.5, 0.6) is 0 Å². The van der Waals surface area contributed by atoms with E-state index in [2.05, 4.69) is 17.2 Å². The first-order valence-electron chi connectivity index (χ1n) is 4.75. The van der Waals surface area contributed by atoms with Gasteiger partial charge in [-0.15, -0.1) is 0 Å². The number of aromatic nitrogens is 1. The molecular weight excluding hydrogens is 216 g/mol. The van der Waals surface area contributed by atoms with Gasteiger partial charge in [-0.05, 0) is 18.2 Å². The summed E-state index contributed by atoms with van der Waals surface area (Å²) in [5.41, 5.74) is 0.952. The third-order valence-electron chi connectivity index (χ3n) is 2.48. The summed E-state index contributed by atoms with van der Waals surface area (Å²) in [5.74, 6) is 1.23. The fourth-order valence-corrected chi connectivity index (χ4v) is 2.96. The molecule has 2 atom stereocenters. The van der Waals surface area contributed by atoms with Crippen molar-refractivity contribution in [3.8, 4) is 0 Å². The number of pyridine rings is 1. The Kier molecular flexibility index (Phi) is 3.19. The number of rotatable bonds is 2. The van der Waals surface area contributed by atoms with E-state index in [9.17, 15) is 0 Å². The van der Waals surface area contributed by atoms with E-state index in [0.717, 1.165) is 10.7 Å². The van der Waals surface area contributed by atoms with Gasteiger partial charge in [-0.2, -0.15) is 11.8 Å². The Morgan fingerprint density at radius 1 is 1.64 bits per heavy atom. The first kappa shape index (κ1) is 10.1. The summed E-state index contributed by atoms with van der Waals surface area (Å²) in [4.78, 5) is 4.06. The molecule has 2 nitrogen and oxygen atoms in total. The lowest BCUT2D eigenvalue weighted by atomic mass is 10.1. The van der Waals surface area contributed by atoms with Crippen LogP contribution in [0.4, 0.5) is 5.69 Å². The maximum atomic E-state index is 6.04. The molecule has 0 radical (unpaired) electrons. The molecule has 0 saturated carbocycles. The van der Waals surface area contributed by atoms with Gasteiger partial charge in [0.1, 0.15) is 0 Å². The summed E-state index contributed by atoms with van der Waals surface area (Å²) in [5, 5.41) is 4.86. The lowest BCUT2D eigenvalue weighted by Gasteiger charge is -2.18. The molecular formula is C10H13ClN2S. The SMILES string of the molecule is CC1SCCC1Nc1cnccc1Cl. The van der Waals surface area contributed by atoms with Gasteiger partial charge in [0, 0.05) is 17.5 Å². The molecule has 1 aliphatic rings. The Hall–Kier alpha value is -0.410. The number of hydrogen-bond acceptors (Lipinski definition) is 3. The second-order valence-electron chi connectivity index (χ2n) is 3.47. The van der Waals surface area contributed by atoms with E-state index < -0.39 is 0 Å². The third kappa shape index (κ3) is 2.15. The van der Waals surface area contributed by atoms with Crippen molar-refractivity contribution >= 4 is 29.1 Å². The molecule has 1 fully saturated rings. The van der Waals surface area contributed by atoms with Gasteiger partial charge in [0.25, 0.3) is 0 Å². The van der Waals surface area contributed by atoms with Crippen LogP contribution in [0.2, 0.25) is 5.02 Å². The Morgan fingerprint density at radius 3 is 3.14 bits per heavy atom. The maximum Gasteiger partial charge on any atom is 0.0718 e. The minimum atomic E-state index is 0.529. The largest absolute Gasteiger partial charge is 0.379 e. The molecule has 1 N–H and O–H groups in total. The maximum absolute atomic E-state index is 6.04. The van der Waals surface area contributed by atoms with Crippen molar-refractivity contribution in [2.24, 2.45) is 0 Å². The molecule has 4 heteroatoms. The van der Waals surface area contributed by atoms with Crippen molar-refractivity contribution in [1.82, 2.24) is 4.98 Å². The predicted octanol–water partition coefficient (Wildman–Crippen LogP) is 3.04. The molecule has 2 rings (SSSR count). The van der Waals surface area contributed by atoms with Crippen LogP contribution in [-0.4, -0.2) is 22.0 Å². The van der Waals surface area contributed by atoms with Crippen molar-refractivity contribution in [2.75, 3.05) is 11.1 Å². The van der Waals surface area contributed by atoms with Gasteiger partial charge in [0.05, 0.1) is 16.9 Å². The molecule has 14 heavy (non-hydrogen) atoms. The first-order chi connectivity index (χ1) is 6.77. The summed E-state index contributed by atoms with van der Waals surface area (Å²) in [7, 11) is 0. The Morgan fingerprint density at radius 2 is 2.50 bits per heavy atom. The molecule has 0 aromatic carbocycles. The monoisotopic (exact) mass is 228 g/mol. The van der Waals surface area contributed by atoms with Crippen molar-refractivity contribution in [2.45, 2.75) is 24.6 Å². The second kappa shape index (κ2) is 4.41. The molecule has 2 unspecified atom stereocenters. The number of thioether (sulfide) groups is 1.